The van der Waals surface area contributed by atoms with Crippen LogP contribution < -0.4 is 10.4 Å². The molecule has 0 radical (unpaired) electrons. The molecule has 0 bridgehead atoms. The first-order valence-corrected chi connectivity index (χ1v) is 17.9. The summed E-state index contributed by atoms with van der Waals surface area (Å²) in [5, 5.41) is 8.07. The zero-order chi connectivity index (χ0) is 32.6. The Morgan fingerprint density at radius 2 is 0.520 bits per heavy atom. The second kappa shape index (κ2) is 9.37. The molecule has 232 valence electrons. The molecule has 12 rings (SSSR count). The van der Waals surface area contributed by atoms with Gasteiger partial charge in [0.2, 0.25) is 0 Å². The molecule has 0 heterocycles. The SMILES string of the molecule is C1=c2c(c3ccccc3c3ccccc23)=CC2C1C1(c3ccccc3-c3ccccc31)c1ccccc1C21c2ccccc2-c2ccccc21. The van der Waals surface area contributed by atoms with E-state index < -0.39 is 0 Å². The molecule has 0 aliphatic heterocycles. The van der Waals surface area contributed by atoms with Crippen molar-refractivity contribution in [2.24, 2.45) is 11.8 Å². The minimum absolute atomic E-state index is 0.137. The standard InChI is InChI=1S/C50H32/c1-3-17-33-31(15-1)32-16-2-4-18-34(32)40-30-48-47(29-39(33)40)49(41-23-9-5-19-35(41)36-20-6-10-24-42(36)49)45-27-13-14-28-46(45)50(48)43-25-11-7-21-37(43)38-22-8-12-26-44(38)50/h1-30,47-48H. The quantitative estimate of drug-likeness (QED) is 0.146. The summed E-state index contributed by atoms with van der Waals surface area (Å²) in [4.78, 5) is 0. The van der Waals surface area contributed by atoms with Gasteiger partial charge in [0, 0.05) is 11.8 Å². The highest BCUT2D eigenvalue weighted by atomic mass is 14.6. The normalized spacial score (nSPS) is 19.0. The molecule has 0 saturated carbocycles. The Hall–Kier alpha value is -5.98. The number of hydrogen-bond acceptors (Lipinski definition) is 0. The molecular formula is C50H32. The van der Waals surface area contributed by atoms with Crippen molar-refractivity contribution < 1.29 is 0 Å². The Morgan fingerprint density at radius 3 is 0.860 bits per heavy atom. The molecule has 0 saturated heterocycles. The fourth-order valence-electron chi connectivity index (χ4n) is 11.3. The van der Waals surface area contributed by atoms with E-state index in [1.807, 2.05) is 0 Å². The molecule has 0 amide bonds. The summed E-state index contributed by atoms with van der Waals surface area (Å²) in [6, 6.07) is 64.7. The summed E-state index contributed by atoms with van der Waals surface area (Å²) in [6.07, 6.45) is 5.46. The van der Waals surface area contributed by atoms with Crippen LogP contribution in [0.4, 0.5) is 0 Å². The molecule has 8 aromatic rings. The molecule has 0 aromatic heterocycles. The third kappa shape index (κ3) is 2.94. The van der Waals surface area contributed by atoms with Gasteiger partial charge in [0.1, 0.15) is 0 Å². The second-order valence-corrected chi connectivity index (χ2v) is 14.6. The van der Waals surface area contributed by atoms with Gasteiger partial charge in [-0.15, -0.1) is 0 Å². The van der Waals surface area contributed by atoms with Gasteiger partial charge >= 0.3 is 0 Å². The average Bonchev–Trinajstić information content (AvgIpc) is 3.66. The number of fused-ring (bicyclic) bond motifs is 22. The van der Waals surface area contributed by atoms with Crippen molar-refractivity contribution in [3.05, 3.63) is 214 Å². The highest BCUT2D eigenvalue weighted by molar-refractivity contribution is 6.08. The van der Waals surface area contributed by atoms with Gasteiger partial charge in [0.25, 0.3) is 0 Å². The van der Waals surface area contributed by atoms with Crippen LogP contribution in [-0.2, 0) is 10.8 Å². The van der Waals surface area contributed by atoms with Gasteiger partial charge in [-0.1, -0.05) is 182 Å². The molecule has 8 aromatic carbocycles. The van der Waals surface area contributed by atoms with E-state index in [9.17, 15) is 0 Å². The molecule has 2 atom stereocenters. The van der Waals surface area contributed by atoms with Crippen LogP contribution in [0.25, 0.3) is 56.0 Å². The molecule has 0 heteroatoms. The van der Waals surface area contributed by atoms with E-state index in [1.54, 1.807) is 0 Å². The minimum Gasteiger partial charge on any atom is -0.0707 e. The first-order chi connectivity index (χ1) is 24.8. The van der Waals surface area contributed by atoms with Crippen LogP contribution in [0.5, 0.6) is 0 Å². The number of benzene rings is 8. The lowest BCUT2D eigenvalue weighted by molar-refractivity contribution is 0.283. The Balaban J connectivity index is 1.36. The molecule has 0 nitrogen and oxygen atoms in total. The molecule has 2 spiro atoms. The van der Waals surface area contributed by atoms with E-state index in [4.69, 9.17) is 0 Å². The molecule has 2 unspecified atom stereocenters. The fraction of sp³-hybridized carbons (Fsp3) is 0.0800. The highest BCUT2D eigenvalue weighted by Gasteiger charge is 2.64. The van der Waals surface area contributed by atoms with Crippen LogP contribution in [0.15, 0.2) is 170 Å². The Labute approximate surface area is 291 Å². The average molecular weight is 633 g/mol. The Morgan fingerprint density at radius 1 is 0.260 bits per heavy atom. The topological polar surface area (TPSA) is 0 Å². The van der Waals surface area contributed by atoms with Crippen LogP contribution in [0.2, 0.25) is 0 Å². The molecule has 4 aliphatic carbocycles. The molecular weight excluding hydrogens is 601 g/mol. The van der Waals surface area contributed by atoms with E-state index in [0.29, 0.717) is 0 Å². The van der Waals surface area contributed by atoms with Crippen LogP contribution in [-0.4, -0.2) is 0 Å². The van der Waals surface area contributed by atoms with E-state index in [1.165, 1.54) is 87.6 Å². The van der Waals surface area contributed by atoms with Crippen molar-refractivity contribution in [1.29, 1.82) is 0 Å². The Bertz CT molecular complexity index is 2620. The van der Waals surface area contributed by atoms with E-state index >= 15 is 0 Å². The van der Waals surface area contributed by atoms with Gasteiger partial charge in [-0.3, -0.25) is 0 Å². The molecule has 50 heavy (non-hydrogen) atoms. The van der Waals surface area contributed by atoms with Crippen LogP contribution in [0.1, 0.15) is 33.4 Å². The lowest BCUT2D eigenvalue weighted by Crippen LogP contribution is -2.56. The lowest BCUT2D eigenvalue weighted by atomic mass is 9.45. The summed E-state index contributed by atoms with van der Waals surface area (Å²) >= 11 is 0. The maximum atomic E-state index is 2.73. The van der Waals surface area contributed by atoms with Gasteiger partial charge < -0.3 is 0 Å². The van der Waals surface area contributed by atoms with Crippen LogP contribution in [0.3, 0.4) is 0 Å². The van der Waals surface area contributed by atoms with Crippen molar-refractivity contribution in [2.45, 2.75) is 10.8 Å². The smallest absolute Gasteiger partial charge is 0.0535 e. The summed E-state index contributed by atoms with van der Waals surface area (Å²) < 4.78 is 0. The predicted octanol–water partition coefficient (Wildman–Crippen LogP) is 10.1. The van der Waals surface area contributed by atoms with Crippen molar-refractivity contribution >= 4 is 33.7 Å². The van der Waals surface area contributed by atoms with Crippen LogP contribution >= 0.6 is 0 Å². The monoisotopic (exact) mass is 632 g/mol. The molecule has 0 fully saturated rings. The third-order valence-corrected chi connectivity index (χ3v) is 12.9. The number of hydrogen-bond donors (Lipinski definition) is 0. The zero-order valence-corrected chi connectivity index (χ0v) is 27.5. The van der Waals surface area contributed by atoms with Crippen molar-refractivity contribution in [1.82, 2.24) is 0 Å². The summed E-state index contributed by atoms with van der Waals surface area (Å²) in [7, 11) is 0. The van der Waals surface area contributed by atoms with Gasteiger partial charge in [-0.05, 0) is 87.6 Å². The second-order valence-electron chi connectivity index (χ2n) is 14.6. The first-order valence-electron chi connectivity index (χ1n) is 17.9. The van der Waals surface area contributed by atoms with E-state index in [0.717, 1.165) is 0 Å². The minimum atomic E-state index is -0.368. The van der Waals surface area contributed by atoms with E-state index in [2.05, 4.69) is 182 Å². The van der Waals surface area contributed by atoms with Gasteiger partial charge in [-0.2, -0.15) is 0 Å². The van der Waals surface area contributed by atoms with Crippen molar-refractivity contribution in [2.75, 3.05) is 0 Å². The summed E-state index contributed by atoms with van der Waals surface area (Å²) in [5.41, 5.74) is 13.3. The van der Waals surface area contributed by atoms with Gasteiger partial charge in [0.05, 0.1) is 10.8 Å². The van der Waals surface area contributed by atoms with Crippen LogP contribution in [0, 0.1) is 11.8 Å². The largest absolute Gasteiger partial charge is 0.0707 e. The maximum absolute atomic E-state index is 2.73. The van der Waals surface area contributed by atoms with Crippen molar-refractivity contribution in [3.63, 3.8) is 0 Å². The lowest BCUT2D eigenvalue weighted by Gasteiger charge is -2.56. The molecule has 4 aliphatic rings. The third-order valence-electron chi connectivity index (χ3n) is 12.9. The predicted molar refractivity (Wildman–Crippen MR) is 207 cm³/mol. The van der Waals surface area contributed by atoms with Crippen molar-refractivity contribution in [3.8, 4) is 22.3 Å². The molecule has 0 N–H and O–H groups in total. The number of rotatable bonds is 0. The Kier molecular flexibility index (Phi) is 5.05. The summed E-state index contributed by atoms with van der Waals surface area (Å²) in [6.45, 7) is 0. The first kappa shape index (κ1) is 26.9. The highest BCUT2D eigenvalue weighted by Crippen LogP contribution is 2.70. The van der Waals surface area contributed by atoms with Gasteiger partial charge in [0.15, 0.2) is 0 Å². The van der Waals surface area contributed by atoms with Gasteiger partial charge in [-0.25, -0.2) is 0 Å². The summed E-state index contributed by atoms with van der Waals surface area (Å²) in [5.74, 6) is 0.275. The maximum Gasteiger partial charge on any atom is 0.0535 e. The van der Waals surface area contributed by atoms with E-state index in [-0.39, 0.29) is 22.7 Å². The fourth-order valence-corrected chi connectivity index (χ4v) is 11.3. The zero-order valence-electron chi connectivity index (χ0n) is 27.5.